The Kier molecular flexibility index (Phi) is 6.24. The van der Waals surface area contributed by atoms with E-state index in [0.717, 1.165) is 5.56 Å². The van der Waals surface area contributed by atoms with Gasteiger partial charge in [0.05, 0.1) is 16.1 Å². The molecule has 0 amide bonds. The second-order valence-electron chi connectivity index (χ2n) is 7.24. The van der Waals surface area contributed by atoms with Gasteiger partial charge in [-0.15, -0.1) is 0 Å². The normalized spacial score (nSPS) is 10.2. The molecule has 7 nitrogen and oxygen atoms in total. The van der Waals surface area contributed by atoms with Crippen LogP contribution in [-0.4, -0.2) is 9.91 Å². The van der Waals surface area contributed by atoms with Gasteiger partial charge < -0.3 is 4.74 Å². The highest BCUT2D eigenvalue weighted by molar-refractivity contribution is 5.87. The molecule has 164 valence electrons. The second kappa shape index (κ2) is 9.60. The largest absolute Gasteiger partial charge is 0.482 e. The summed E-state index contributed by atoms with van der Waals surface area (Å²) >= 11 is 0. The van der Waals surface area contributed by atoms with Crippen LogP contribution in [0.4, 0.5) is 10.1 Å². The Hall–Kier alpha value is -5.08. The molecule has 0 N–H and O–H groups in total. The number of rotatable bonds is 6. The van der Waals surface area contributed by atoms with Gasteiger partial charge in [-0.25, -0.2) is 4.39 Å². The average Bonchev–Trinajstić information content (AvgIpc) is 2.87. The molecule has 34 heavy (non-hydrogen) atoms. The number of nitro benzene ring substituents is 1. The summed E-state index contributed by atoms with van der Waals surface area (Å²) in [5, 5.41) is 30.2. The number of nitrogens with zero attached hydrogens (tertiary/aromatic N) is 4. The van der Waals surface area contributed by atoms with E-state index in [1.807, 2.05) is 30.3 Å². The Balaban J connectivity index is 1.83. The highest BCUT2D eigenvalue weighted by Crippen LogP contribution is 2.38. The van der Waals surface area contributed by atoms with Crippen LogP contribution in [0.5, 0.6) is 5.75 Å². The summed E-state index contributed by atoms with van der Waals surface area (Å²) in [5.41, 5.74) is 2.41. The zero-order valence-corrected chi connectivity index (χ0v) is 17.6. The lowest BCUT2D eigenvalue weighted by atomic mass is 9.92. The van der Waals surface area contributed by atoms with E-state index in [2.05, 4.69) is 11.1 Å². The fourth-order valence-electron chi connectivity index (χ4n) is 3.52. The summed E-state index contributed by atoms with van der Waals surface area (Å²) in [4.78, 5) is 15.1. The number of halogens is 1. The van der Waals surface area contributed by atoms with Gasteiger partial charge >= 0.3 is 5.69 Å². The first-order chi connectivity index (χ1) is 16.5. The Morgan fingerprint density at radius 2 is 1.68 bits per heavy atom. The van der Waals surface area contributed by atoms with Crippen molar-refractivity contribution in [1.29, 1.82) is 10.5 Å². The van der Waals surface area contributed by atoms with Crippen molar-refractivity contribution in [3.8, 4) is 40.1 Å². The van der Waals surface area contributed by atoms with Gasteiger partial charge in [-0.05, 0) is 41.0 Å². The highest BCUT2D eigenvalue weighted by atomic mass is 19.1. The van der Waals surface area contributed by atoms with Gasteiger partial charge in [0.2, 0.25) is 0 Å². The van der Waals surface area contributed by atoms with E-state index in [4.69, 9.17) is 10.00 Å². The minimum absolute atomic E-state index is 0.0469. The molecule has 8 heteroatoms. The third-order valence-electron chi connectivity index (χ3n) is 5.15. The SMILES string of the molecule is N#Cc1ccc(-c2c(C#N)cncc2-c2ccc([N+](=O)[O-])c(OCc3ccccc3)c2)cc1F. The molecule has 0 aliphatic heterocycles. The van der Waals surface area contributed by atoms with Gasteiger partial charge in [-0.3, -0.25) is 15.1 Å². The summed E-state index contributed by atoms with van der Waals surface area (Å²) in [5.74, 6) is -0.673. The van der Waals surface area contributed by atoms with E-state index in [1.54, 1.807) is 12.1 Å². The molecule has 0 aliphatic rings. The third-order valence-corrected chi connectivity index (χ3v) is 5.15. The zero-order valence-electron chi connectivity index (χ0n) is 17.6. The Labute approximate surface area is 194 Å². The van der Waals surface area contributed by atoms with Crippen molar-refractivity contribution in [3.63, 3.8) is 0 Å². The van der Waals surface area contributed by atoms with Gasteiger partial charge in [0.1, 0.15) is 24.6 Å². The molecule has 0 saturated carbocycles. The molecule has 4 aromatic rings. The van der Waals surface area contributed by atoms with E-state index in [9.17, 15) is 19.8 Å². The number of benzene rings is 3. The summed E-state index contributed by atoms with van der Waals surface area (Å²) in [6.07, 6.45) is 2.85. The van der Waals surface area contributed by atoms with Crippen molar-refractivity contribution in [2.24, 2.45) is 0 Å². The number of ether oxygens (including phenoxy) is 1. The van der Waals surface area contributed by atoms with Crippen LogP contribution in [0.3, 0.4) is 0 Å². The van der Waals surface area contributed by atoms with E-state index in [0.29, 0.717) is 22.3 Å². The summed E-state index contributed by atoms with van der Waals surface area (Å²) in [7, 11) is 0. The molecule has 0 aliphatic carbocycles. The first-order valence-corrected chi connectivity index (χ1v) is 10.1. The van der Waals surface area contributed by atoms with E-state index in [-0.39, 0.29) is 29.2 Å². The predicted molar refractivity (Wildman–Crippen MR) is 122 cm³/mol. The van der Waals surface area contributed by atoms with Gasteiger partial charge in [0.15, 0.2) is 5.75 Å². The lowest BCUT2D eigenvalue weighted by Crippen LogP contribution is -2.00. The van der Waals surface area contributed by atoms with Crippen LogP contribution in [0.1, 0.15) is 16.7 Å². The lowest BCUT2D eigenvalue weighted by molar-refractivity contribution is -0.385. The maximum atomic E-state index is 14.4. The molecule has 0 bridgehead atoms. The Morgan fingerprint density at radius 3 is 2.35 bits per heavy atom. The molecular weight excluding hydrogens is 435 g/mol. The molecule has 1 aromatic heterocycles. The zero-order chi connectivity index (χ0) is 24.1. The van der Waals surface area contributed by atoms with Crippen LogP contribution in [0, 0.1) is 38.6 Å². The van der Waals surface area contributed by atoms with Crippen LogP contribution in [0.2, 0.25) is 0 Å². The number of pyridine rings is 1. The van der Waals surface area contributed by atoms with Crippen molar-refractivity contribution in [2.75, 3.05) is 0 Å². The molecule has 0 fully saturated rings. The molecular formula is C26H15FN4O3. The predicted octanol–water partition coefficient (Wildman–Crippen LogP) is 5.79. The van der Waals surface area contributed by atoms with E-state index in [1.165, 1.54) is 42.7 Å². The highest BCUT2D eigenvalue weighted by Gasteiger charge is 2.20. The van der Waals surface area contributed by atoms with E-state index >= 15 is 0 Å². The summed E-state index contributed by atoms with van der Waals surface area (Å²) in [6.45, 7) is 0.120. The second-order valence-corrected chi connectivity index (χ2v) is 7.24. The quantitative estimate of drug-likeness (QED) is 0.272. The molecule has 1 heterocycles. The topological polar surface area (TPSA) is 113 Å². The number of nitro groups is 1. The maximum absolute atomic E-state index is 14.4. The minimum atomic E-state index is -0.720. The number of hydrogen-bond donors (Lipinski definition) is 0. The van der Waals surface area contributed by atoms with Crippen LogP contribution < -0.4 is 4.74 Å². The van der Waals surface area contributed by atoms with E-state index < -0.39 is 10.7 Å². The Morgan fingerprint density at radius 1 is 0.941 bits per heavy atom. The summed E-state index contributed by atoms with van der Waals surface area (Å²) in [6, 6.07) is 21.4. The first kappa shape index (κ1) is 22.1. The van der Waals surface area contributed by atoms with Crippen LogP contribution in [0.25, 0.3) is 22.3 Å². The van der Waals surface area contributed by atoms with Crippen LogP contribution in [0.15, 0.2) is 79.1 Å². The average molecular weight is 450 g/mol. The standard InChI is InChI=1S/C26H15FN4O3/c27-23-10-19(6-7-20(23)12-28)26-21(13-29)14-30-15-22(26)18-8-9-24(31(32)33)25(11-18)34-16-17-4-2-1-3-5-17/h1-11,14-15H,16H2. The van der Waals surface area contributed by atoms with Crippen molar-refractivity contribution < 1.29 is 14.1 Å². The van der Waals surface area contributed by atoms with Crippen LogP contribution >= 0.6 is 0 Å². The number of aromatic nitrogens is 1. The van der Waals surface area contributed by atoms with Crippen molar-refractivity contribution in [1.82, 2.24) is 4.98 Å². The summed E-state index contributed by atoms with van der Waals surface area (Å²) < 4.78 is 20.1. The molecule has 4 rings (SSSR count). The molecule has 0 saturated heterocycles. The number of nitriles is 2. The third kappa shape index (κ3) is 4.43. The lowest BCUT2D eigenvalue weighted by Gasteiger charge is -2.14. The van der Waals surface area contributed by atoms with Gasteiger partial charge in [-0.2, -0.15) is 10.5 Å². The first-order valence-electron chi connectivity index (χ1n) is 10.1. The monoisotopic (exact) mass is 450 g/mol. The molecule has 3 aromatic carbocycles. The molecule has 0 atom stereocenters. The smallest absolute Gasteiger partial charge is 0.310 e. The maximum Gasteiger partial charge on any atom is 0.310 e. The van der Waals surface area contributed by atoms with Crippen LogP contribution in [-0.2, 0) is 6.61 Å². The number of hydrogen-bond acceptors (Lipinski definition) is 6. The van der Waals surface area contributed by atoms with Gasteiger partial charge in [0, 0.05) is 29.6 Å². The molecule has 0 spiro atoms. The minimum Gasteiger partial charge on any atom is -0.482 e. The molecule has 0 radical (unpaired) electrons. The fourth-order valence-corrected chi connectivity index (χ4v) is 3.52. The van der Waals surface area contributed by atoms with Crippen molar-refractivity contribution in [3.05, 3.63) is 112 Å². The van der Waals surface area contributed by atoms with Gasteiger partial charge in [0.25, 0.3) is 0 Å². The Bertz CT molecular complexity index is 1470. The van der Waals surface area contributed by atoms with Gasteiger partial charge in [-0.1, -0.05) is 36.4 Å². The molecule has 0 unspecified atom stereocenters. The van der Waals surface area contributed by atoms with Crippen molar-refractivity contribution in [2.45, 2.75) is 6.61 Å². The fraction of sp³-hybridized carbons (Fsp3) is 0.0385. The van der Waals surface area contributed by atoms with Crippen molar-refractivity contribution >= 4 is 5.69 Å².